The minimum atomic E-state index is -0.613. The first kappa shape index (κ1) is 15.2. The van der Waals surface area contributed by atoms with Crippen LogP contribution in [0, 0.1) is 10.1 Å². The number of anilines is 1. The normalized spacial score (nSPS) is 19.0. The number of hydrogen-bond donors (Lipinski definition) is 2. The second-order valence-corrected chi connectivity index (χ2v) is 4.91. The summed E-state index contributed by atoms with van der Waals surface area (Å²) >= 11 is 0. The summed E-state index contributed by atoms with van der Waals surface area (Å²) in [6, 6.07) is 1.17. The molecule has 2 N–H and O–H groups in total. The Bertz CT molecular complexity index is 543. The van der Waals surface area contributed by atoms with Gasteiger partial charge in [0, 0.05) is 19.7 Å². The summed E-state index contributed by atoms with van der Waals surface area (Å²) in [4.78, 5) is 26.5. The van der Waals surface area contributed by atoms with E-state index in [1.165, 1.54) is 6.07 Å². The fourth-order valence-corrected chi connectivity index (χ4v) is 2.29. The molecule has 1 amide bonds. The number of ether oxygens (including phenoxy) is 1. The number of carbonyl (C=O) groups excluding carboxylic acids is 1. The van der Waals surface area contributed by atoms with Gasteiger partial charge in [-0.3, -0.25) is 14.9 Å². The zero-order valence-electron chi connectivity index (χ0n) is 12.0. The van der Waals surface area contributed by atoms with Crippen molar-refractivity contribution in [2.45, 2.75) is 31.9 Å². The van der Waals surface area contributed by atoms with Gasteiger partial charge in [0.05, 0.1) is 17.1 Å². The molecule has 2 rings (SSSR count). The van der Waals surface area contributed by atoms with E-state index in [-0.39, 0.29) is 23.4 Å². The Labute approximate surface area is 122 Å². The summed E-state index contributed by atoms with van der Waals surface area (Å²) in [7, 11) is 1.63. The van der Waals surface area contributed by atoms with E-state index in [1.54, 1.807) is 7.05 Å². The highest BCUT2D eigenvalue weighted by atomic mass is 16.6. The van der Waals surface area contributed by atoms with Crippen LogP contribution < -0.4 is 10.6 Å². The molecule has 0 radical (unpaired) electrons. The van der Waals surface area contributed by atoms with Crippen molar-refractivity contribution in [3.05, 3.63) is 27.9 Å². The molecule has 1 aromatic rings. The molecule has 1 saturated heterocycles. The van der Waals surface area contributed by atoms with Crippen molar-refractivity contribution >= 4 is 17.4 Å². The molecule has 8 heteroatoms. The van der Waals surface area contributed by atoms with Gasteiger partial charge >= 0.3 is 0 Å². The van der Waals surface area contributed by atoms with Crippen LogP contribution in [0.5, 0.6) is 0 Å². The molecule has 114 valence electrons. The molecule has 1 fully saturated rings. The quantitative estimate of drug-likeness (QED) is 0.626. The van der Waals surface area contributed by atoms with Gasteiger partial charge in [0.2, 0.25) is 0 Å². The fraction of sp³-hybridized carbons (Fsp3) is 0.538. The molecule has 1 aromatic heterocycles. The first-order chi connectivity index (χ1) is 10.0. The Morgan fingerprint density at radius 3 is 2.95 bits per heavy atom. The Morgan fingerprint density at radius 2 is 2.38 bits per heavy atom. The maximum absolute atomic E-state index is 12.3. The number of hydrogen-bond acceptors (Lipinski definition) is 6. The molecule has 21 heavy (non-hydrogen) atoms. The van der Waals surface area contributed by atoms with Gasteiger partial charge in [-0.2, -0.15) is 0 Å². The summed E-state index contributed by atoms with van der Waals surface area (Å²) < 4.78 is 5.50. The number of nitro groups is 1. The topological polar surface area (TPSA) is 106 Å². The Hall–Kier alpha value is -2.22. The van der Waals surface area contributed by atoms with Crippen LogP contribution in [0.1, 0.15) is 30.1 Å². The largest absolute Gasteiger partial charge is 0.376 e. The first-order valence-corrected chi connectivity index (χ1v) is 6.77. The lowest BCUT2D eigenvalue weighted by atomic mass is 10.1. The summed E-state index contributed by atoms with van der Waals surface area (Å²) in [5.74, 6) is -0.0980. The lowest BCUT2D eigenvalue weighted by Crippen LogP contribution is -2.41. The predicted molar refractivity (Wildman–Crippen MR) is 76.3 cm³/mol. The molecule has 1 aliphatic rings. The average Bonchev–Trinajstić information content (AvgIpc) is 3.00. The molecule has 0 saturated carbocycles. The van der Waals surface area contributed by atoms with Crippen LogP contribution in [0.25, 0.3) is 0 Å². The van der Waals surface area contributed by atoms with Gasteiger partial charge < -0.3 is 15.4 Å². The lowest BCUT2D eigenvalue weighted by Gasteiger charge is -2.20. The van der Waals surface area contributed by atoms with Crippen molar-refractivity contribution in [1.82, 2.24) is 10.3 Å². The predicted octanol–water partition coefficient (Wildman–Crippen LogP) is 1.33. The van der Waals surface area contributed by atoms with Gasteiger partial charge in [0.1, 0.15) is 17.6 Å². The van der Waals surface area contributed by atoms with Crippen LogP contribution in [-0.2, 0) is 4.74 Å². The van der Waals surface area contributed by atoms with Gasteiger partial charge in [-0.25, -0.2) is 4.98 Å². The smallest absolute Gasteiger partial charge is 0.300 e. The summed E-state index contributed by atoms with van der Waals surface area (Å²) in [5, 5.41) is 16.5. The maximum Gasteiger partial charge on any atom is 0.300 e. The van der Waals surface area contributed by atoms with E-state index in [9.17, 15) is 14.9 Å². The van der Waals surface area contributed by atoms with Crippen molar-refractivity contribution in [3.63, 3.8) is 0 Å². The Balaban J connectivity index is 2.18. The lowest BCUT2D eigenvalue weighted by molar-refractivity contribution is -0.385. The Morgan fingerprint density at radius 1 is 1.62 bits per heavy atom. The highest BCUT2D eigenvalue weighted by Gasteiger charge is 2.27. The van der Waals surface area contributed by atoms with Gasteiger partial charge in [-0.05, 0) is 19.8 Å². The van der Waals surface area contributed by atoms with E-state index < -0.39 is 10.8 Å². The molecule has 0 spiro atoms. The minimum absolute atomic E-state index is 0.0100. The van der Waals surface area contributed by atoms with Crippen molar-refractivity contribution in [2.24, 2.45) is 0 Å². The monoisotopic (exact) mass is 294 g/mol. The van der Waals surface area contributed by atoms with Crippen molar-refractivity contribution in [2.75, 3.05) is 19.0 Å². The van der Waals surface area contributed by atoms with Crippen LogP contribution in [-0.4, -0.2) is 41.6 Å². The maximum atomic E-state index is 12.3. The second kappa shape index (κ2) is 6.49. The number of nitrogens with one attached hydrogen (secondary N) is 2. The van der Waals surface area contributed by atoms with E-state index in [0.29, 0.717) is 12.4 Å². The molecule has 0 aliphatic carbocycles. The van der Waals surface area contributed by atoms with E-state index in [0.717, 1.165) is 19.0 Å². The summed E-state index contributed by atoms with van der Waals surface area (Å²) in [6.07, 6.45) is 2.88. The molecular weight excluding hydrogens is 276 g/mol. The van der Waals surface area contributed by atoms with Gasteiger partial charge in [0.15, 0.2) is 0 Å². The van der Waals surface area contributed by atoms with Crippen LogP contribution in [0.2, 0.25) is 0 Å². The van der Waals surface area contributed by atoms with Gasteiger partial charge in [-0.1, -0.05) is 0 Å². The minimum Gasteiger partial charge on any atom is -0.376 e. The number of rotatable bonds is 5. The zero-order chi connectivity index (χ0) is 15.4. The van der Waals surface area contributed by atoms with Gasteiger partial charge in [0.25, 0.3) is 11.6 Å². The van der Waals surface area contributed by atoms with Crippen LogP contribution >= 0.6 is 0 Å². The highest BCUT2D eigenvalue weighted by Crippen LogP contribution is 2.21. The molecule has 2 unspecified atom stereocenters. The third-order valence-corrected chi connectivity index (χ3v) is 3.46. The van der Waals surface area contributed by atoms with Gasteiger partial charge in [-0.15, -0.1) is 0 Å². The molecule has 2 atom stereocenters. The third kappa shape index (κ3) is 3.46. The molecule has 0 bridgehead atoms. The van der Waals surface area contributed by atoms with Crippen LogP contribution in [0.3, 0.4) is 0 Å². The summed E-state index contributed by atoms with van der Waals surface area (Å²) in [5.41, 5.74) is -0.324. The average molecular weight is 294 g/mol. The first-order valence-electron chi connectivity index (χ1n) is 6.77. The van der Waals surface area contributed by atoms with E-state index >= 15 is 0 Å². The van der Waals surface area contributed by atoms with E-state index in [4.69, 9.17) is 4.74 Å². The summed E-state index contributed by atoms with van der Waals surface area (Å²) in [6.45, 7) is 2.52. The van der Waals surface area contributed by atoms with Crippen LogP contribution in [0.15, 0.2) is 12.3 Å². The molecule has 2 heterocycles. The standard InChI is InChI=1S/C13H18N4O4/c1-8(11-4-3-5-21-11)16-13(18)9-6-12(14-2)15-7-10(9)17(19)20/h6-8,11H,3-5H2,1-2H3,(H,14,15)(H,16,18). The van der Waals surface area contributed by atoms with Crippen molar-refractivity contribution in [1.29, 1.82) is 0 Å². The number of nitrogens with zero attached hydrogens (tertiary/aromatic N) is 2. The molecular formula is C13H18N4O4. The highest BCUT2D eigenvalue weighted by molar-refractivity contribution is 5.98. The number of amides is 1. The molecule has 8 nitrogen and oxygen atoms in total. The number of aromatic nitrogens is 1. The zero-order valence-corrected chi connectivity index (χ0v) is 12.0. The molecule has 0 aromatic carbocycles. The number of pyridine rings is 1. The molecule has 1 aliphatic heterocycles. The van der Waals surface area contributed by atoms with E-state index in [2.05, 4.69) is 15.6 Å². The SMILES string of the molecule is CNc1cc(C(=O)NC(C)C2CCCO2)c([N+](=O)[O-])cn1. The van der Waals surface area contributed by atoms with Crippen LogP contribution in [0.4, 0.5) is 11.5 Å². The van der Waals surface area contributed by atoms with E-state index in [1.807, 2.05) is 6.92 Å². The Kier molecular flexibility index (Phi) is 4.69. The van der Waals surface area contributed by atoms with Crippen molar-refractivity contribution in [3.8, 4) is 0 Å². The number of carbonyl (C=O) groups is 1. The van der Waals surface area contributed by atoms with Crippen molar-refractivity contribution < 1.29 is 14.5 Å². The third-order valence-electron chi connectivity index (χ3n) is 3.46. The fourth-order valence-electron chi connectivity index (χ4n) is 2.29. The second-order valence-electron chi connectivity index (χ2n) is 4.91.